The van der Waals surface area contributed by atoms with E-state index >= 15 is 0 Å². The molecule has 0 amide bonds. The molecule has 4 rings (SSSR count). The Morgan fingerprint density at radius 1 is 1.17 bits per heavy atom. The van der Waals surface area contributed by atoms with E-state index in [0.29, 0.717) is 25.7 Å². The van der Waals surface area contributed by atoms with Crippen molar-refractivity contribution in [2.45, 2.75) is 19.6 Å². The Labute approximate surface area is 138 Å². The zero-order chi connectivity index (χ0) is 15.6. The van der Waals surface area contributed by atoms with Crippen molar-refractivity contribution >= 4 is 17.2 Å². The maximum Gasteiger partial charge on any atom is 0.156 e. The lowest BCUT2D eigenvalue weighted by molar-refractivity contribution is 0.133. The van der Waals surface area contributed by atoms with Crippen molar-refractivity contribution in [1.29, 1.82) is 0 Å². The van der Waals surface area contributed by atoms with Gasteiger partial charge in [-0.05, 0) is 30.7 Å². The Hall–Kier alpha value is -2.11. The first kappa shape index (κ1) is 14.5. The minimum atomic E-state index is 0.559. The first-order valence-corrected chi connectivity index (χ1v) is 8.13. The van der Waals surface area contributed by atoms with Crippen LogP contribution in [-0.2, 0) is 18.0 Å². The molecular weight excluding hydrogens is 314 g/mol. The van der Waals surface area contributed by atoms with Crippen LogP contribution in [0.5, 0.6) is 5.75 Å². The average Bonchev–Trinajstić information content (AvgIpc) is 3.22. The quantitative estimate of drug-likeness (QED) is 0.531. The lowest BCUT2D eigenvalue weighted by Gasteiger charge is -2.11. The first-order chi connectivity index (χ1) is 11.4. The molecule has 0 atom stereocenters. The van der Waals surface area contributed by atoms with Crippen LogP contribution in [0.2, 0.25) is 0 Å². The lowest BCUT2D eigenvalue weighted by Crippen LogP contribution is -2.03. The summed E-state index contributed by atoms with van der Waals surface area (Å²) in [4.78, 5) is 4.61. The molecule has 0 spiro atoms. The monoisotopic (exact) mass is 329 g/mol. The fraction of sp³-hybridized carbons (Fsp3) is 0.294. The molecule has 5 nitrogen and oxygen atoms in total. The van der Waals surface area contributed by atoms with E-state index < -0.39 is 0 Å². The molecule has 1 aliphatic heterocycles. The summed E-state index contributed by atoms with van der Waals surface area (Å²) in [5.41, 5.74) is 5.06. The number of fused-ring (bicyclic) bond motifs is 2. The molecule has 0 saturated heterocycles. The highest BCUT2D eigenvalue weighted by Crippen LogP contribution is 2.31. The zero-order valence-corrected chi connectivity index (χ0v) is 13.3. The third-order valence-electron chi connectivity index (χ3n) is 3.88. The highest BCUT2D eigenvalue weighted by Gasteiger charge is 2.21. The number of halogens is 1. The molecule has 0 radical (unpaired) electrons. The minimum Gasteiger partial charge on any atom is -0.494 e. The number of benzene rings is 1. The van der Waals surface area contributed by atoms with Gasteiger partial charge in [0.05, 0.1) is 37.4 Å². The van der Waals surface area contributed by atoms with Crippen molar-refractivity contribution in [1.82, 2.24) is 14.6 Å². The molecule has 3 aromatic rings. The molecule has 0 fully saturated rings. The van der Waals surface area contributed by atoms with Crippen molar-refractivity contribution in [3.63, 3.8) is 0 Å². The maximum absolute atomic E-state index is 5.66. The fourth-order valence-corrected chi connectivity index (χ4v) is 2.90. The van der Waals surface area contributed by atoms with Gasteiger partial charge in [-0.2, -0.15) is 5.10 Å². The molecule has 118 valence electrons. The standard InChI is InChI=1S/C17H16ClN3O2/c18-7-1-9-23-13-4-2-12(3-5-13)17-14-10-22-11-15(14)20-16-6-8-19-21(16)17/h2-6,8H,1,7,9-11H2. The van der Waals surface area contributed by atoms with Gasteiger partial charge in [0.1, 0.15) is 5.75 Å². The minimum absolute atomic E-state index is 0.559. The Bertz CT molecular complexity index is 830. The number of ether oxygens (including phenoxy) is 2. The molecule has 2 aromatic heterocycles. The van der Waals surface area contributed by atoms with Crippen LogP contribution in [0.4, 0.5) is 0 Å². The predicted molar refractivity (Wildman–Crippen MR) is 87.7 cm³/mol. The summed E-state index contributed by atoms with van der Waals surface area (Å²) in [5.74, 6) is 1.45. The Kier molecular flexibility index (Phi) is 3.89. The summed E-state index contributed by atoms with van der Waals surface area (Å²) in [7, 11) is 0. The molecule has 0 saturated carbocycles. The number of aromatic nitrogens is 3. The first-order valence-electron chi connectivity index (χ1n) is 7.59. The van der Waals surface area contributed by atoms with E-state index in [4.69, 9.17) is 21.1 Å². The second kappa shape index (κ2) is 6.18. The number of rotatable bonds is 5. The van der Waals surface area contributed by atoms with E-state index in [-0.39, 0.29) is 0 Å². The highest BCUT2D eigenvalue weighted by molar-refractivity contribution is 6.17. The smallest absolute Gasteiger partial charge is 0.156 e. The van der Waals surface area contributed by atoms with Gasteiger partial charge >= 0.3 is 0 Å². The van der Waals surface area contributed by atoms with Crippen molar-refractivity contribution in [3.05, 3.63) is 47.8 Å². The molecule has 0 unspecified atom stereocenters. The summed E-state index contributed by atoms with van der Waals surface area (Å²) >= 11 is 5.66. The van der Waals surface area contributed by atoms with E-state index in [2.05, 4.69) is 10.1 Å². The molecule has 3 heterocycles. The fourth-order valence-electron chi connectivity index (χ4n) is 2.79. The summed E-state index contributed by atoms with van der Waals surface area (Å²) in [6.45, 7) is 1.76. The molecule has 0 aliphatic carbocycles. The van der Waals surface area contributed by atoms with Crippen LogP contribution in [0.25, 0.3) is 16.9 Å². The molecule has 6 heteroatoms. The Morgan fingerprint density at radius 2 is 2.04 bits per heavy atom. The SMILES string of the molecule is ClCCCOc1ccc(-c2c3c(nc4ccnn24)COC3)cc1. The molecule has 0 N–H and O–H groups in total. The van der Waals surface area contributed by atoms with Gasteiger partial charge in [0.15, 0.2) is 5.65 Å². The number of hydrogen-bond donors (Lipinski definition) is 0. The maximum atomic E-state index is 5.66. The second-order valence-corrected chi connectivity index (χ2v) is 5.77. The van der Waals surface area contributed by atoms with Gasteiger partial charge in [-0.3, -0.25) is 0 Å². The Balaban J connectivity index is 1.73. The molecule has 1 aromatic carbocycles. The van der Waals surface area contributed by atoms with Crippen molar-refractivity contribution < 1.29 is 9.47 Å². The number of alkyl halides is 1. The van der Waals surface area contributed by atoms with Crippen LogP contribution >= 0.6 is 11.6 Å². The lowest BCUT2D eigenvalue weighted by atomic mass is 10.1. The van der Waals surface area contributed by atoms with E-state index in [0.717, 1.165) is 40.3 Å². The average molecular weight is 330 g/mol. The largest absolute Gasteiger partial charge is 0.494 e. The van der Waals surface area contributed by atoms with Gasteiger partial charge < -0.3 is 9.47 Å². The van der Waals surface area contributed by atoms with E-state index in [1.807, 2.05) is 34.8 Å². The van der Waals surface area contributed by atoms with Gasteiger partial charge in [0.25, 0.3) is 0 Å². The van der Waals surface area contributed by atoms with Crippen molar-refractivity contribution in [2.24, 2.45) is 0 Å². The third-order valence-corrected chi connectivity index (χ3v) is 4.15. The summed E-state index contributed by atoms with van der Waals surface area (Å²) in [5, 5.41) is 4.41. The number of nitrogens with zero attached hydrogens (tertiary/aromatic N) is 3. The van der Waals surface area contributed by atoms with E-state index in [1.165, 1.54) is 0 Å². The van der Waals surface area contributed by atoms with Crippen LogP contribution < -0.4 is 4.74 Å². The van der Waals surface area contributed by atoms with Crippen LogP contribution in [0.3, 0.4) is 0 Å². The van der Waals surface area contributed by atoms with Crippen LogP contribution in [0.15, 0.2) is 36.5 Å². The molecule has 0 bridgehead atoms. The summed E-state index contributed by atoms with van der Waals surface area (Å²) in [6, 6.07) is 9.95. The predicted octanol–water partition coefficient (Wildman–Crippen LogP) is 3.43. The van der Waals surface area contributed by atoms with Gasteiger partial charge in [0.2, 0.25) is 0 Å². The molecule has 1 aliphatic rings. The number of hydrogen-bond acceptors (Lipinski definition) is 4. The Morgan fingerprint density at radius 3 is 2.87 bits per heavy atom. The van der Waals surface area contributed by atoms with Gasteiger partial charge in [-0.1, -0.05) is 0 Å². The van der Waals surface area contributed by atoms with E-state index in [1.54, 1.807) is 6.20 Å². The van der Waals surface area contributed by atoms with E-state index in [9.17, 15) is 0 Å². The normalized spacial score (nSPS) is 13.4. The molecular formula is C17H16ClN3O2. The second-order valence-electron chi connectivity index (χ2n) is 5.40. The summed E-state index contributed by atoms with van der Waals surface area (Å²) < 4.78 is 13.1. The molecule has 23 heavy (non-hydrogen) atoms. The van der Waals surface area contributed by atoms with Gasteiger partial charge in [0, 0.05) is 23.1 Å². The van der Waals surface area contributed by atoms with Crippen LogP contribution in [-0.4, -0.2) is 27.1 Å². The van der Waals surface area contributed by atoms with Crippen molar-refractivity contribution in [2.75, 3.05) is 12.5 Å². The third kappa shape index (κ3) is 2.66. The highest BCUT2D eigenvalue weighted by atomic mass is 35.5. The summed E-state index contributed by atoms with van der Waals surface area (Å²) in [6.07, 6.45) is 2.61. The van der Waals surface area contributed by atoms with Gasteiger partial charge in [-0.25, -0.2) is 9.50 Å². The van der Waals surface area contributed by atoms with Gasteiger partial charge in [-0.15, -0.1) is 11.6 Å². The zero-order valence-electron chi connectivity index (χ0n) is 12.5. The van der Waals surface area contributed by atoms with Crippen LogP contribution in [0, 0.1) is 0 Å². The topological polar surface area (TPSA) is 48.7 Å². The van der Waals surface area contributed by atoms with Crippen molar-refractivity contribution in [3.8, 4) is 17.0 Å². The van der Waals surface area contributed by atoms with Crippen LogP contribution in [0.1, 0.15) is 17.7 Å².